The standard InChI is InChI=1S/C65H58N4O/c1-8-46-49-27-18-28-50(46)59-36-42(48-26-17-29-53-51-25-14-15-31-57(51)67(60(48)53)44-22-10-9-11-23-44)34-35-66(59)39-45-40-70-62-54(37-43(64(2,3)4)38-55(62)65(5,6)7)63-68(45)61-52(49)30-19-33-58(61)69(63)56-32-16-21-41-20-12-13-24-47(41)56/h9-38,45H,8,39-40H2,1-7H3/q+2. The van der Waals surface area contributed by atoms with Gasteiger partial charge in [-0.2, -0.15) is 9.13 Å². The molecular formula is C65H58N4O+2. The second kappa shape index (κ2) is 15.6. The van der Waals surface area contributed by atoms with E-state index in [9.17, 15) is 0 Å². The summed E-state index contributed by atoms with van der Waals surface area (Å²) < 4.78 is 17.7. The zero-order valence-electron chi connectivity index (χ0n) is 41.2. The highest BCUT2D eigenvalue weighted by Gasteiger charge is 2.44. The molecule has 5 heteroatoms. The number of fused-ring (bicyclic) bond motifs is 11. The van der Waals surface area contributed by atoms with Gasteiger partial charge in [-0.05, 0) is 93.4 Å². The zero-order valence-corrected chi connectivity index (χ0v) is 41.2. The maximum Gasteiger partial charge on any atom is 0.299 e. The number of hydrogen-bond acceptors (Lipinski definition) is 1. The van der Waals surface area contributed by atoms with Crippen LogP contribution in [0, 0.1) is 0 Å². The summed E-state index contributed by atoms with van der Waals surface area (Å²) in [6.07, 6.45) is 3.23. The molecule has 1 atom stereocenters. The Hall–Kier alpha value is -7.76. The van der Waals surface area contributed by atoms with Gasteiger partial charge in [-0.25, -0.2) is 4.57 Å². The van der Waals surface area contributed by atoms with Crippen LogP contribution in [-0.2, 0) is 23.8 Å². The maximum atomic E-state index is 7.43. The Kier molecular flexibility index (Phi) is 9.46. The number of nitrogens with zero attached hydrogens (tertiary/aromatic N) is 4. The summed E-state index contributed by atoms with van der Waals surface area (Å²) in [7, 11) is 0. The molecule has 0 amide bonds. The molecule has 13 rings (SSSR count). The number of rotatable bonds is 4. The van der Waals surface area contributed by atoms with Crippen LogP contribution in [0.4, 0.5) is 0 Å². The van der Waals surface area contributed by atoms with Crippen LogP contribution in [0.2, 0.25) is 0 Å². The number of pyridine rings is 1. The van der Waals surface area contributed by atoms with Crippen LogP contribution in [0.1, 0.15) is 71.2 Å². The van der Waals surface area contributed by atoms with Gasteiger partial charge in [-0.1, -0.05) is 164 Å². The van der Waals surface area contributed by atoms with Gasteiger partial charge >= 0.3 is 0 Å². The summed E-state index contributed by atoms with van der Waals surface area (Å²) in [5.41, 5.74) is 19.3. The molecule has 2 aliphatic heterocycles. The number of imidazole rings is 1. The third kappa shape index (κ3) is 6.37. The number of ether oxygens (including phenoxy) is 1. The topological polar surface area (TPSA) is 26.8 Å². The van der Waals surface area contributed by atoms with Crippen LogP contribution >= 0.6 is 0 Å². The fourth-order valence-corrected chi connectivity index (χ4v) is 12.0. The highest BCUT2D eigenvalue weighted by atomic mass is 16.5. The smallest absolute Gasteiger partial charge is 0.299 e. The molecule has 2 aliphatic rings. The van der Waals surface area contributed by atoms with Crippen molar-refractivity contribution in [2.45, 2.75) is 78.3 Å². The number of para-hydroxylation sites is 4. The van der Waals surface area contributed by atoms with Crippen molar-refractivity contribution in [1.82, 2.24) is 9.13 Å². The van der Waals surface area contributed by atoms with Crippen molar-refractivity contribution in [1.29, 1.82) is 0 Å². The summed E-state index contributed by atoms with van der Waals surface area (Å²) in [5, 5.41) is 4.94. The van der Waals surface area contributed by atoms with E-state index in [1.54, 1.807) is 0 Å². The van der Waals surface area contributed by atoms with Crippen molar-refractivity contribution >= 4 is 43.6 Å². The quantitative estimate of drug-likeness (QED) is 0.162. The first kappa shape index (κ1) is 42.4. The van der Waals surface area contributed by atoms with Crippen LogP contribution in [-0.4, -0.2) is 15.7 Å². The number of hydrogen-bond donors (Lipinski definition) is 0. The first-order chi connectivity index (χ1) is 34.0. The normalized spacial score (nSPS) is 14.4. The molecule has 3 aromatic heterocycles. The molecule has 70 heavy (non-hydrogen) atoms. The summed E-state index contributed by atoms with van der Waals surface area (Å²) in [5.74, 6) is 2.14. The van der Waals surface area contributed by atoms with E-state index in [0.717, 1.165) is 34.9 Å². The molecule has 342 valence electrons. The van der Waals surface area contributed by atoms with Crippen molar-refractivity contribution in [2.75, 3.05) is 6.61 Å². The Balaban J connectivity index is 1.13. The minimum Gasteiger partial charge on any atom is -0.488 e. The second-order valence-electron chi connectivity index (χ2n) is 21.6. The summed E-state index contributed by atoms with van der Waals surface area (Å²) >= 11 is 0. The van der Waals surface area contributed by atoms with Crippen LogP contribution in [0.3, 0.4) is 0 Å². The van der Waals surface area contributed by atoms with Gasteiger partial charge in [0.25, 0.3) is 5.82 Å². The molecule has 0 N–H and O–H groups in total. The lowest BCUT2D eigenvalue weighted by Crippen LogP contribution is -2.52. The molecule has 5 heterocycles. The minimum absolute atomic E-state index is 0.0825. The highest BCUT2D eigenvalue weighted by molar-refractivity contribution is 6.14. The Labute approximate surface area is 410 Å². The fourth-order valence-electron chi connectivity index (χ4n) is 12.0. The first-order valence-corrected chi connectivity index (χ1v) is 25.1. The summed E-state index contributed by atoms with van der Waals surface area (Å²) in [6, 6.07) is 65.7. The van der Waals surface area contributed by atoms with Crippen LogP contribution < -0.4 is 13.9 Å². The van der Waals surface area contributed by atoms with Crippen LogP contribution in [0.5, 0.6) is 5.75 Å². The molecule has 0 radical (unpaired) electrons. The van der Waals surface area contributed by atoms with E-state index in [2.05, 4.69) is 249 Å². The zero-order chi connectivity index (χ0) is 47.6. The Morgan fingerprint density at radius 1 is 0.571 bits per heavy atom. The van der Waals surface area contributed by atoms with E-state index >= 15 is 0 Å². The molecule has 0 fully saturated rings. The summed E-state index contributed by atoms with van der Waals surface area (Å²) in [4.78, 5) is 0. The predicted molar refractivity (Wildman–Crippen MR) is 289 cm³/mol. The van der Waals surface area contributed by atoms with Gasteiger partial charge in [0.2, 0.25) is 5.69 Å². The molecule has 11 aromatic rings. The largest absolute Gasteiger partial charge is 0.488 e. The summed E-state index contributed by atoms with van der Waals surface area (Å²) in [6.45, 7) is 17.5. The van der Waals surface area contributed by atoms with Gasteiger partial charge in [0.1, 0.15) is 23.6 Å². The number of benzene rings is 8. The lowest BCUT2D eigenvalue weighted by molar-refractivity contribution is -0.776. The minimum atomic E-state index is -0.178. The van der Waals surface area contributed by atoms with E-state index in [1.807, 2.05) is 0 Å². The molecule has 2 bridgehead atoms. The van der Waals surface area contributed by atoms with Gasteiger partial charge in [0.05, 0.1) is 11.0 Å². The lowest BCUT2D eigenvalue weighted by Gasteiger charge is -2.28. The van der Waals surface area contributed by atoms with Crippen molar-refractivity contribution in [2.24, 2.45) is 0 Å². The van der Waals surface area contributed by atoms with Crippen molar-refractivity contribution < 1.29 is 13.9 Å². The number of aromatic nitrogens is 4. The Morgan fingerprint density at radius 3 is 2.06 bits per heavy atom. The predicted octanol–water partition coefficient (Wildman–Crippen LogP) is 15.2. The highest BCUT2D eigenvalue weighted by Crippen LogP contribution is 2.48. The van der Waals surface area contributed by atoms with Crippen LogP contribution in [0.15, 0.2) is 182 Å². The molecule has 0 saturated heterocycles. The van der Waals surface area contributed by atoms with E-state index in [-0.39, 0.29) is 16.9 Å². The third-order valence-electron chi connectivity index (χ3n) is 15.3. The molecule has 0 spiro atoms. The van der Waals surface area contributed by atoms with E-state index in [0.29, 0.717) is 13.2 Å². The molecular weight excluding hydrogens is 853 g/mol. The fraction of sp³-hybridized carbons (Fsp3) is 0.200. The van der Waals surface area contributed by atoms with E-state index in [4.69, 9.17) is 4.74 Å². The lowest BCUT2D eigenvalue weighted by atomic mass is 9.78. The van der Waals surface area contributed by atoms with Gasteiger partial charge in [0.15, 0.2) is 29.8 Å². The van der Waals surface area contributed by atoms with Gasteiger partial charge < -0.3 is 9.30 Å². The maximum absolute atomic E-state index is 7.43. The molecule has 5 nitrogen and oxygen atoms in total. The monoisotopic (exact) mass is 910 g/mol. The van der Waals surface area contributed by atoms with E-state index < -0.39 is 0 Å². The molecule has 0 saturated carbocycles. The average Bonchev–Trinajstić information content (AvgIpc) is 3.84. The van der Waals surface area contributed by atoms with Crippen molar-refractivity contribution in [3.63, 3.8) is 0 Å². The molecule has 0 aliphatic carbocycles. The van der Waals surface area contributed by atoms with Crippen molar-refractivity contribution in [3.05, 3.63) is 199 Å². The Morgan fingerprint density at radius 2 is 1.24 bits per heavy atom. The second-order valence-corrected chi connectivity index (χ2v) is 21.6. The third-order valence-corrected chi connectivity index (χ3v) is 15.3. The Bertz CT molecular complexity index is 3930. The molecule has 1 unspecified atom stereocenters. The van der Waals surface area contributed by atoms with Gasteiger partial charge in [-0.15, -0.1) is 0 Å². The van der Waals surface area contributed by atoms with Crippen molar-refractivity contribution in [3.8, 4) is 62.0 Å². The SMILES string of the molecule is CCc1c2cccc1-c1cc(-c3cccc4c5ccccc5n(-c5ccccc5)c34)cc[n+]1CC1COc3c(cc(C(C)(C)C)cc3C(C)(C)C)-c3n(-c4cccc5ccccc45)c4cccc-2c4[n+]31. The molecule has 8 aromatic carbocycles. The van der Waals surface area contributed by atoms with E-state index in [1.165, 1.54) is 93.8 Å². The average molecular weight is 911 g/mol. The van der Waals surface area contributed by atoms with Gasteiger partial charge in [0, 0.05) is 56.2 Å². The van der Waals surface area contributed by atoms with Gasteiger partial charge in [-0.3, -0.25) is 0 Å². The van der Waals surface area contributed by atoms with Crippen LogP contribution in [0.25, 0.3) is 99.9 Å². The first-order valence-electron chi connectivity index (χ1n) is 25.1.